The van der Waals surface area contributed by atoms with Crippen molar-refractivity contribution in [1.29, 1.82) is 0 Å². The molecule has 0 amide bonds. The summed E-state index contributed by atoms with van der Waals surface area (Å²) in [5.41, 5.74) is 0. The van der Waals surface area contributed by atoms with Crippen molar-refractivity contribution >= 4 is 5.97 Å². The van der Waals surface area contributed by atoms with Crippen molar-refractivity contribution < 1.29 is 60.2 Å². The van der Waals surface area contributed by atoms with E-state index in [2.05, 4.69) is 0 Å². The van der Waals surface area contributed by atoms with Crippen molar-refractivity contribution in [1.82, 2.24) is 6.15 Å². The molecule has 12 N–H and O–H groups in total. The normalized spacial score (nSPS) is 34.5. The zero-order valence-corrected chi connectivity index (χ0v) is 13.3. The van der Waals surface area contributed by atoms with Crippen LogP contribution in [0.25, 0.3) is 0 Å². The Hall–Kier alpha value is -0.970. The number of aliphatic hydroxyl groups excluding tert-OH is 8. The second kappa shape index (κ2) is 10.2. The van der Waals surface area contributed by atoms with E-state index in [4.69, 9.17) is 19.7 Å². The molecule has 150 valence electrons. The Balaban J connectivity index is 0.00000576. The number of hydrogen-bond donors (Lipinski definition) is 9. The number of rotatable bonds is 8. The average molecular weight is 375 g/mol. The lowest BCUT2D eigenvalue weighted by atomic mass is 9.98. The number of carbonyl (C=O) groups is 1. The van der Waals surface area contributed by atoms with E-state index < -0.39 is 74.3 Å². The quantitative estimate of drug-likeness (QED) is 0.192. The Morgan fingerprint density at radius 1 is 1.08 bits per heavy atom. The van der Waals surface area contributed by atoms with Gasteiger partial charge in [0.15, 0.2) is 6.29 Å². The number of aliphatic hydroxyl groups is 8. The van der Waals surface area contributed by atoms with E-state index in [1.807, 2.05) is 0 Å². The highest BCUT2D eigenvalue weighted by Crippen LogP contribution is 2.24. The van der Waals surface area contributed by atoms with Gasteiger partial charge in [0.05, 0.1) is 19.2 Å². The van der Waals surface area contributed by atoms with Crippen LogP contribution in [0.2, 0.25) is 0 Å². The van der Waals surface area contributed by atoms with Gasteiger partial charge < -0.3 is 66.4 Å². The first kappa shape index (κ1) is 24.0. The van der Waals surface area contributed by atoms with E-state index in [-0.39, 0.29) is 6.15 Å². The van der Waals surface area contributed by atoms with E-state index >= 15 is 0 Å². The van der Waals surface area contributed by atoms with Crippen molar-refractivity contribution in [2.45, 2.75) is 55.1 Å². The molecule has 0 aromatic rings. The van der Waals surface area contributed by atoms with Crippen LogP contribution < -0.4 is 11.3 Å². The number of ether oxygens (including phenoxy) is 2. The third-order valence-corrected chi connectivity index (χ3v) is 3.61. The fraction of sp³-hybridized carbons (Fsp3) is 0.917. The van der Waals surface area contributed by atoms with Crippen LogP contribution in [0.5, 0.6) is 0 Å². The third-order valence-electron chi connectivity index (χ3n) is 3.61. The van der Waals surface area contributed by atoms with Gasteiger partial charge in [-0.1, -0.05) is 0 Å². The molecule has 1 rings (SSSR count). The topological polar surface area (TPSA) is 257 Å². The molecule has 1 saturated heterocycles. The first-order valence-electron chi connectivity index (χ1n) is 6.97. The van der Waals surface area contributed by atoms with Crippen molar-refractivity contribution in [2.24, 2.45) is 0 Å². The van der Waals surface area contributed by atoms with E-state index in [1.165, 1.54) is 0 Å². The lowest BCUT2D eigenvalue weighted by Crippen LogP contribution is -2.62. The van der Waals surface area contributed by atoms with Crippen LogP contribution in [0.4, 0.5) is 0 Å². The average Bonchev–Trinajstić information content (AvgIpc) is 2.57. The maximum Gasteiger partial charge on any atom is 0.187 e. The van der Waals surface area contributed by atoms with Crippen LogP contribution in [0.15, 0.2) is 0 Å². The van der Waals surface area contributed by atoms with E-state index in [1.54, 1.807) is 0 Å². The summed E-state index contributed by atoms with van der Waals surface area (Å²) in [7, 11) is 0. The summed E-state index contributed by atoms with van der Waals surface area (Å²) in [6, 6.07) is 0. The molecule has 9 atom stereocenters. The van der Waals surface area contributed by atoms with Crippen LogP contribution >= 0.6 is 0 Å². The molecular formula is C12H25NO12. The summed E-state index contributed by atoms with van der Waals surface area (Å²) in [4.78, 5) is 10.8. The largest absolute Gasteiger partial charge is 0.547 e. The van der Waals surface area contributed by atoms with Crippen molar-refractivity contribution in [2.75, 3.05) is 13.2 Å². The van der Waals surface area contributed by atoms with Crippen LogP contribution in [0, 0.1) is 0 Å². The molecular weight excluding hydrogens is 350 g/mol. The second-order valence-electron chi connectivity index (χ2n) is 5.30. The molecule has 1 aliphatic rings. The summed E-state index contributed by atoms with van der Waals surface area (Å²) >= 11 is 0. The number of carboxylic acid groups (broad SMARTS) is 1. The summed E-state index contributed by atoms with van der Waals surface area (Å²) in [5.74, 6) is -2.09. The Kier molecular flexibility index (Phi) is 9.85. The van der Waals surface area contributed by atoms with Crippen LogP contribution in [-0.4, -0.2) is 115 Å². The molecule has 13 heteroatoms. The number of aliphatic carboxylic acids is 1. The summed E-state index contributed by atoms with van der Waals surface area (Å²) in [6.45, 7) is -1.80. The SMILES string of the molecule is O=C([O-])[C@@H](O)[C@@H](O[C@@H]1O[C@H](CO)[C@H](O)[C@H](O)[C@H]1O)[C@H](O)[C@@H](O)CO.[NH4+]. The minimum atomic E-state index is -2.49. The maximum absolute atomic E-state index is 10.8. The molecule has 1 aliphatic heterocycles. The van der Waals surface area contributed by atoms with Gasteiger partial charge in [-0.05, 0) is 0 Å². The van der Waals surface area contributed by atoms with E-state index in [0.29, 0.717) is 0 Å². The molecule has 13 nitrogen and oxygen atoms in total. The number of quaternary nitrogens is 1. The van der Waals surface area contributed by atoms with E-state index in [9.17, 15) is 40.5 Å². The zero-order chi connectivity index (χ0) is 18.6. The molecule has 0 aromatic heterocycles. The van der Waals surface area contributed by atoms with Gasteiger partial charge in [-0.3, -0.25) is 0 Å². The minimum absolute atomic E-state index is 0. The fourth-order valence-electron chi connectivity index (χ4n) is 2.14. The van der Waals surface area contributed by atoms with Gasteiger partial charge in [-0.15, -0.1) is 0 Å². The molecule has 25 heavy (non-hydrogen) atoms. The molecule has 0 saturated carbocycles. The predicted octanol–water partition coefficient (Wildman–Crippen LogP) is -6.63. The monoisotopic (exact) mass is 375 g/mol. The van der Waals surface area contributed by atoms with Gasteiger partial charge >= 0.3 is 0 Å². The van der Waals surface area contributed by atoms with Gasteiger partial charge in [0.2, 0.25) is 0 Å². The smallest absolute Gasteiger partial charge is 0.187 e. The van der Waals surface area contributed by atoms with Gasteiger partial charge in [-0.25, -0.2) is 0 Å². The van der Waals surface area contributed by atoms with Gasteiger partial charge in [0.1, 0.15) is 48.8 Å². The Morgan fingerprint density at radius 2 is 1.64 bits per heavy atom. The summed E-state index contributed by atoms with van der Waals surface area (Å²) in [5, 5.41) is 86.3. The van der Waals surface area contributed by atoms with Gasteiger partial charge in [-0.2, -0.15) is 0 Å². The van der Waals surface area contributed by atoms with Gasteiger partial charge in [0.25, 0.3) is 0 Å². The Bertz CT molecular complexity index is 410. The van der Waals surface area contributed by atoms with Crippen LogP contribution in [0.3, 0.4) is 0 Å². The highest BCUT2D eigenvalue weighted by Gasteiger charge is 2.46. The summed E-state index contributed by atoms with van der Waals surface area (Å²) in [6.07, 6.45) is -17.4. The highest BCUT2D eigenvalue weighted by atomic mass is 16.7. The van der Waals surface area contributed by atoms with Crippen LogP contribution in [-0.2, 0) is 14.3 Å². The molecule has 0 aliphatic carbocycles. The molecule has 1 fully saturated rings. The number of hydrogen-bond acceptors (Lipinski definition) is 12. The predicted molar refractivity (Wildman–Crippen MR) is 74.7 cm³/mol. The van der Waals surface area contributed by atoms with Crippen molar-refractivity contribution in [3.63, 3.8) is 0 Å². The van der Waals surface area contributed by atoms with Crippen molar-refractivity contribution in [3.05, 3.63) is 0 Å². The second-order valence-corrected chi connectivity index (χ2v) is 5.30. The van der Waals surface area contributed by atoms with Gasteiger partial charge in [0, 0.05) is 0 Å². The first-order valence-corrected chi connectivity index (χ1v) is 6.97. The molecule has 0 unspecified atom stereocenters. The summed E-state index contributed by atoms with van der Waals surface area (Å²) < 4.78 is 9.86. The van der Waals surface area contributed by atoms with Crippen LogP contribution in [0.1, 0.15) is 0 Å². The number of carboxylic acids is 1. The van der Waals surface area contributed by atoms with E-state index in [0.717, 1.165) is 0 Å². The fourth-order valence-corrected chi connectivity index (χ4v) is 2.14. The number of carbonyl (C=O) groups excluding carboxylic acids is 1. The Morgan fingerprint density at radius 3 is 2.08 bits per heavy atom. The molecule has 1 heterocycles. The third kappa shape index (κ3) is 5.50. The lowest BCUT2D eigenvalue weighted by Gasteiger charge is -2.42. The zero-order valence-electron chi connectivity index (χ0n) is 13.3. The molecule has 0 aromatic carbocycles. The molecule has 0 bridgehead atoms. The standard InChI is InChI=1S/C12H22O12.H3N/c13-1-3(15)5(16)10(9(20)11(21)22)24-12-8(19)7(18)6(17)4(2-14)23-12;/h3-10,12-20H,1-2H2,(H,21,22);1H3/t3-,4+,5+,6-,7-,8+,9-,10-,12-;/m0./s1. The molecule has 0 radical (unpaired) electrons. The highest BCUT2D eigenvalue weighted by molar-refractivity contribution is 5.70. The first-order chi connectivity index (χ1) is 11.1. The minimum Gasteiger partial charge on any atom is -0.547 e. The Labute approximate surface area is 141 Å². The maximum atomic E-state index is 10.8. The van der Waals surface area contributed by atoms with Crippen molar-refractivity contribution in [3.8, 4) is 0 Å². The molecule has 0 spiro atoms. The lowest BCUT2D eigenvalue weighted by molar-refractivity contribution is -0.343.